The van der Waals surface area contributed by atoms with Crippen molar-refractivity contribution in [2.24, 2.45) is 0 Å². The molecule has 0 aliphatic carbocycles. The van der Waals surface area contributed by atoms with Crippen LogP contribution in [0.1, 0.15) is 24.9 Å². The van der Waals surface area contributed by atoms with E-state index in [2.05, 4.69) is 57.8 Å². The van der Waals surface area contributed by atoms with Crippen molar-refractivity contribution < 1.29 is 9.90 Å². The third kappa shape index (κ3) is 5.78. The molecule has 3 N–H and O–H groups in total. The molecule has 2 rings (SSSR count). The highest BCUT2D eigenvalue weighted by atomic mass is 16.3. The van der Waals surface area contributed by atoms with Crippen LogP contribution in [0.2, 0.25) is 0 Å². The standard InChI is InChI=1S/C18H30N4O2/c1-15(14-23)20-18(24)19-9-6-10-22-12-11-21(2)13-17(22)16-7-4-3-5-8-16/h3-5,7-8,15,17,23H,6,9-14H2,1-2H3,(H2,19,20,24). The highest BCUT2D eigenvalue weighted by Gasteiger charge is 2.25. The lowest BCUT2D eigenvalue weighted by Gasteiger charge is -2.40. The van der Waals surface area contributed by atoms with E-state index in [9.17, 15) is 4.79 Å². The van der Waals surface area contributed by atoms with E-state index in [4.69, 9.17) is 5.11 Å². The predicted octanol–water partition coefficient (Wildman–Crippen LogP) is 1.05. The SMILES string of the molecule is CC(CO)NC(=O)NCCCN1CCN(C)CC1c1ccccc1. The summed E-state index contributed by atoms with van der Waals surface area (Å²) >= 11 is 0. The van der Waals surface area contributed by atoms with E-state index in [0.29, 0.717) is 12.6 Å². The third-order valence-electron chi connectivity index (χ3n) is 4.44. The lowest BCUT2D eigenvalue weighted by molar-refractivity contribution is 0.0889. The average molecular weight is 334 g/mol. The van der Waals surface area contributed by atoms with Crippen molar-refractivity contribution in [3.63, 3.8) is 0 Å². The Bertz CT molecular complexity index is 497. The molecular weight excluding hydrogens is 304 g/mol. The molecule has 0 aromatic heterocycles. The number of nitrogens with zero attached hydrogens (tertiary/aromatic N) is 2. The van der Waals surface area contributed by atoms with E-state index >= 15 is 0 Å². The Morgan fingerprint density at radius 1 is 1.33 bits per heavy atom. The van der Waals surface area contributed by atoms with Crippen LogP contribution in [0.4, 0.5) is 4.79 Å². The molecule has 1 aliphatic heterocycles. The molecule has 6 heteroatoms. The normalized spacial score (nSPS) is 20.5. The Balaban J connectivity index is 1.78. The Morgan fingerprint density at radius 2 is 2.08 bits per heavy atom. The molecule has 1 aromatic rings. The number of hydrogen-bond acceptors (Lipinski definition) is 4. The number of aliphatic hydroxyl groups excluding tert-OH is 1. The number of amides is 2. The second-order valence-corrected chi connectivity index (χ2v) is 6.56. The third-order valence-corrected chi connectivity index (χ3v) is 4.44. The van der Waals surface area contributed by atoms with Gasteiger partial charge in [0.25, 0.3) is 0 Å². The van der Waals surface area contributed by atoms with Gasteiger partial charge in [-0.3, -0.25) is 4.90 Å². The molecule has 0 bridgehead atoms. The summed E-state index contributed by atoms with van der Waals surface area (Å²) in [5.41, 5.74) is 1.35. The van der Waals surface area contributed by atoms with Gasteiger partial charge in [0.15, 0.2) is 0 Å². The molecule has 2 unspecified atom stereocenters. The van der Waals surface area contributed by atoms with Crippen molar-refractivity contribution in [1.82, 2.24) is 20.4 Å². The second-order valence-electron chi connectivity index (χ2n) is 6.56. The lowest BCUT2D eigenvalue weighted by atomic mass is 10.0. The molecule has 24 heavy (non-hydrogen) atoms. The van der Waals surface area contributed by atoms with Crippen LogP contribution in [0.3, 0.4) is 0 Å². The molecule has 6 nitrogen and oxygen atoms in total. The molecule has 0 radical (unpaired) electrons. The van der Waals surface area contributed by atoms with Gasteiger partial charge in [-0.15, -0.1) is 0 Å². The number of likely N-dealkylation sites (N-methyl/N-ethyl adjacent to an activating group) is 1. The molecule has 2 amide bonds. The molecule has 1 saturated heterocycles. The summed E-state index contributed by atoms with van der Waals surface area (Å²) in [5.74, 6) is 0. The number of benzene rings is 1. The average Bonchev–Trinajstić information content (AvgIpc) is 2.60. The van der Waals surface area contributed by atoms with E-state index in [-0.39, 0.29) is 18.7 Å². The zero-order valence-corrected chi connectivity index (χ0v) is 14.7. The molecule has 1 aromatic carbocycles. The quantitative estimate of drug-likeness (QED) is 0.652. The number of nitrogens with one attached hydrogen (secondary N) is 2. The first-order valence-corrected chi connectivity index (χ1v) is 8.73. The van der Waals surface area contributed by atoms with Gasteiger partial charge in [-0.25, -0.2) is 4.79 Å². The van der Waals surface area contributed by atoms with Crippen molar-refractivity contribution in [1.29, 1.82) is 0 Å². The summed E-state index contributed by atoms with van der Waals surface area (Å²) in [6.45, 7) is 6.48. The zero-order valence-electron chi connectivity index (χ0n) is 14.7. The van der Waals surface area contributed by atoms with Crippen LogP contribution in [0.25, 0.3) is 0 Å². The van der Waals surface area contributed by atoms with Crippen LogP contribution in [-0.4, -0.2) is 73.4 Å². The summed E-state index contributed by atoms with van der Waals surface area (Å²) in [4.78, 5) is 16.5. The number of rotatable bonds is 7. The first kappa shape index (κ1) is 18.7. The Kier molecular flexibility index (Phi) is 7.49. The van der Waals surface area contributed by atoms with E-state index in [0.717, 1.165) is 32.6 Å². The van der Waals surface area contributed by atoms with Gasteiger partial charge >= 0.3 is 6.03 Å². The topological polar surface area (TPSA) is 67.8 Å². The van der Waals surface area contributed by atoms with Crippen molar-refractivity contribution >= 4 is 6.03 Å². The van der Waals surface area contributed by atoms with Gasteiger partial charge in [-0.05, 0) is 26.0 Å². The molecular formula is C18H30N4O2. The van der Waals surface area contributed by atoms with Crippen LogP contribution in [-0.2, 0) is 0 Å². The van der Waals surface area contributed by atoms with E-state index in [1.54, 1.807) is 6.92 Å². The predicted molar refractivity (Wildman–Crippen MR) is 96.0 cm³/mol. The summed E-state index contributed by atoms with van der Waals surface area (Å²) in [5, 5.41) is 14.5. The number of hydrogen-bond donors (Lipinski definition) is 3. The fraction of sp³-hybridized carbons (Fsp3) is 0.611. The van der Waals surface area contributed by atoms with E-state index in [1.165, 1.54) is 5.56 Å². The van der Waals surface area contributed by atoms with Crippen LogP contribution < -0.4 is 10.6 Å². The maximum atomic E-state index is 11.6. The summed E-state index contributed by atoms with van der Waals surface area (Å²) in [6, 6.07) is 10.6. The van der Waals surface area contributed by atoms with Gasteiger partial charge in [0.1, 0.15) is 0 Å². The van der Waals surface area contributed by atoms with Gasteiger partial charge in [-0.1, -0.05) is 30.3 Å². The van der Waals surface area contributed by atoms with Gasteiger partial charge in [0, 0.05) is 38.8 Å². The number of aliphatic hydroxyl groups is 1. The minimum Gasteiger partial charge on any atom is -0.394 e. The Labute approximate surface area is 144 Å². The second kappa shape index (κ2) is 9.61. The first-order valence-electron chi connectivity index (χ1n) is 8.73. The minimum atomic E-state index is -0.218. The van der Waals surface area contributed by atoms with Crippen LogP contribution in [0, 0.1) is 0 Å². The molecule has 1 fully saturated rings. The molecule has 2 atom stereocenters. The highest BCUT2D eigenvalue weighted by Crippen LogP contribution is 2.24. The summed E-state index contributed by atoms with van der Waals surface area (Å²) < 4.78 is 0. The highest BCUT2D eigenvalue weighted by molar-refractivity contribution is 5.74. The molecule has 0 saturated carbocycles. The maximum absolute atomic E-state index is 11.6. The van der Waals surface area contributed by atoms with Crippen LogP contribution in [0.15, 0.2) is 30.3 Å². The van der Waals surface area contributed by atoms with Gasteiger partial charge in [0.05, 0.1) is 12.6 Å². The van der Waals surface area contributed by atoms with E-state index < -0.39 is 0 Å². The molecule has 0 spiro atoms. The number of carbonyl (C=O) groups excluding carboxylic acids is 1. The largest absolute Gasteiger partial charge is 0.394 e. The first-order chi connectivity index (χ1) is 11.6. The molecule has 134 valence electrons. The number of carbonyl (C=O) groups is 1. The van der Waals surface area contributed by atoms with Crippen LogP contribution >= 0.6 is 0 Å². The summed E-state index contributed by atoms with van der Waals surface area (Å²) in [6.07, 6.45) is 0.911. The monoisotopic (exact) mass is 334 g/mol. The van der Waals surface area contributed by atoms with Gasteiger partial charge in [0.2, 0.25) is 0 Å². The number of piperazine rings is 1. The molecule has 1 heterocycles. The van der Waals surface area contributed by atoms with Crippen molar-refractivity contribution in [2.75, 3.05) is 46.4 Å². The molecule has 1 aliphatic rings. The van der Waals surface area contributed by atoms with E-state index in [1.807, 2.05) is 0 Å². The van der Waals surface area contributed by atoms with Gasteiger partial charge in [-0.2, -0.15) is 0 Å². The van der Waals surface area contributed by atoms with Crippen molar-refractivity contribution in [3.05, 3.63) is 35.9 Å². The summed E-state index contributed by atoms with van der Waals surface area (Å²) in [7, 11) is 2.17. The van der Waals surface area contributed by atoms with Crippen molar-refractivity contribution in [3.8, 4) is 0 Å². The fourth-order valence-electron chi connectivity index (χ4n) is 3.02. The minimum absolute atomic E-state index is 0.0481. The maximum Gasteiger partial charge on any atom is 0.315 e. The Hall–Kier alpha value is -1.63. The van der Waals surface area contributed by atoms with Crippen molar-refractivity contribution in [2.45, 2.75) is 25.4 Å². The zero-order chi connectivity index (χ0) is 17.4. The number of urea groups is 1. The smallest absolute Gasteiger partial charge is 0.315 e. The van der Waals surface area contributed by atoms with Gasteiger partial charge < -0.3 is 20.6 Å². The fourth-order valence-corrected chi connectivity index (χ4v) is 3.02. The lowest BCUT2D eigenvalue weighted by Crippen LogP contribution is -2.48. The Morgan fingerprint density at radius 3 is 2.79 bits per heavy atom. The van der Waals surface area contributed by atoms with Crippen LogP contribution in [0.5, 0.6) is 0 Å².